The highest BCUT2D eigenvalue weighted by atomic mass is 16.2. The molecule has 0 radical (unpaired) electrons. The minimum Gasteiger partial charge on any atom is -0.343 e. The summed E-state index contributed by atoms with van der Waals surface area (Å²) in [6.07, 6.45) is 0. The Morgan fingerprint density at radius 2 is 1.64 bits per heavy atom. The van der Waals surface area contributed by atoms with E-state index < -0.39 is 0 Å². The molecular weight excluding hydrogens is 320 g/mol. The van der Waals surface area contributed by atoms with Crippen molar-refractivity contribution in [3.8, 4) is 0 Å². The van der Waals surface area contributed by atoms with Crippen molar-refractivity contribution in [2.45, 2.75) is 20.4 Å². The van der Waals surface area contributed by atoms with Gasteiger partial charge in [-0.3, -0.25) is 23.9 Å². The van der Waals surface area contributed by atoms with Crippen LogP contribution in [0.25, 0.3) is 11.0 Å². The number of aromatic amines is 1. The van der Waals surface area contributed by atoms with Crippen LogP contribution >= 0.6 is 0 Å². The molecule has 1 aliphatic heterocycles. The van der Waals surface area contributed by atoms with Crippen LogP contribution in [0.15, 0.2) is 35.1 Å². The van der Waals surface area contributed by atoms with E-state index in [-0.39, 0.29) is 30.5 Å². The quantitative estimate of drug-likeness (QED) is 0.737. The number of carbonyl (C=O) groups excluding carboxylic acids is 2. The summed E-state index contributed by atoms with van der Waals surface area (Å²) in [5, 5.41) is 0.505. The number of nitrogens with zero attached hydrogens (tertiary/aromatic N) is 3. The molecule has 1 aliphatic rings. The van der Waals surface area contributed by atoms with Gasteiger partial charge in [-0.2, -0.15) is 0 Å². The van der Waals surface area contributed by atoms with Crippen molar-refractivity contribution in [2.24, 2.45) is 0 Å². The van der Waals surface area contributed by atoms with Crippen LogP contribution in [-0.2, 0) is 6.54 Å². The Morgan fingerprint density at radius 1 is 1.00 bits per heavy atom. The number of imide groups is 1. The average Bonchev–Trinajstić information content (AvgIpc) is 3.07. The number of carbonyl (C=O) groups is 2. The zero-order valence-electron chi connectivity index (χ0n) is 13.9. The minimum absolute atomic E-state index is 0.129. The van der Waals surface area contributed by atoms with E-state index in [0.717, 1.165) is 5.69 Å². The van der Waals surface area contributed by atoms with Gasteiger partial charge in [0.2, 0.25) is 0 Å². The van der Waals surface area contributed by atoms with Crippen LogP contribution in [-0.4, -0.2) is 37.8 Å². The van der Waals surface area contributed by atoms with Gasteiger partial charge < -0.3 is 4.98 Å². The fourth-order valence-electron chi connectivity index (χ4n) is 3.25. The fraction of sp³-hybridized carbons (Fsp3) is 0.222. The van der Waals surface area contributed by atoms with Crippen LogP contribution in [0.1, 0.15) is 32.2 Å². The highest BCUT2D eigenvalue weighted by Crippen LogP contribution is 2.22. The lowest BCUT2D eigenvalue weighted by molar-refractivity contribution is 0.0648. The highest BCUT2D eigenvalue weighted by molar-refractivity contribution is 6.21. The molecule has 0 atom stereocenters. The molecule has 1 N–H and O–H groups in total. The lowest BCUT2D eigenvalue weighted by Gasteiger charge is -2.16. The van der Waals surface area contributed by atoms with Gasteiger partial charge in [0.15, 0.2) is 0 Å². The first-order valence-corrected chi connectivity index (χ1v) is 7.99. The molecule has 2 aromatic heterocycles. The Bertz CT molecular complexity index is 1060. The third-order valence-electron chi connectivity index (χ3n) is 4.50. The van der Waals surface area contributed by atoms with Gasteiger partial charge in [-0.15, -0.1) is 0 Å². The number of nitrogens with one attached hydrogen (secondary N) is 1. The van der Waals surface area contributed by atoms with Gasteiger partial charge in [-0.25, -0.2) is 4.98 Å². The summed E-state index contributed by atoms with van der Waals surface area (Å²) in [6.45, 7) is 3.94. The minimum atomic E-state index is -0.321. The second kappa shape index (κ2) is 5.41. The maximum Gasteiger partial charge on any atom is 0.263 e. The number of aryl methyl sites for hydroxylation is 2. The van der Waals surface area contributed by atoms with Gasteiger partial charge in [0.05, 0.1) is 16.5 Å². The number of aromatic nitrogens is 3. The van der Waals surface area contributed by atoms with E-state index >= 15 is 0 Å². The van der Waals surface area contributed by atoms with E-state index in [1.54, 1.807) is 37.3 Å². The summed E-state index contributed by atoms with van der Waals surface area (Å²) >= 11 is 0. The molecule has 0 aliphatic carbocycles. The molecule has 25 heavy (non-hydrogen) atoms. The first-order valence-electron chi connectivity index (χ1n) is 7.99. The van der Waals surface area contributed by atoms with Crippen molar-refractivity contribution in [3.05, 3.63) is 63.3 Å². The van der Waals surface area contributed by atoms with Crippen molar-refractivity contribution < 1.29 is 9.59 Å². The molecule has 0 saturated heterocycles. The fourth-order valence-corrected chi connectivity index (χ4v) is 3.25. The molecule has 4 rings (SSSR count). The van der Waals surface area contributed by atoms with Crippen LogP contribution in [0.4, 0.5) is 0 Å². The number of rotatable bonds is 3. The number of benzene rings is 1. The van der Waals surface area contributed by atoms with E-state index in [2.05, 4.69) is 9.97 Å². The second-order valence-corrected chi connectivity index (χ2v) is 6.14. The van der Waals surface area contributed by atoms with Crippen LogP contribution in [0.5, 0.6) is 0 Å². The summed E-state index contributed by atoms with van der Waals surface area (Å²) in [4.78, 5) is 46.1. The molecule has 0 saturated carbocycles. The van der Waals surface area contributed by atoms with Gasteiger partial charge in [0, 0.05) is 18.8 Å². The van der Waals surface area contributed by atoms with Gasteiger partial charge in [-0.1, -0.05) is 12.1 Å². The van der Waals surface area contributed by atoms with Crippen molar-refractivity contribution in [3.63, 3.8) is 0 Å². The molecule has 3 heterocycles. The van der Waals surface area contributed by atoms with E-state index in [9.17, 15) is 14.4 Å². The Labute approximate surface area is 142 Å². The smallest absolute Gasteiger partial charge is 0.263 e. The van der Waals surface area contributed by atoms with Crippen molar-refractivity contribution in [1.82, 2.24) is 19.4 Å². The van der Waals surface area contributed by atoms with Gasteiger partial charge in [0.1, 0.15) is 11.5 Å². The molecule has 2 amide bonds. The topological polar surface area (TPSA) is 88.1 Å². The maximum atomic E-state index is 12.7. The predicted octanol–water partition coefficient (Wildman–Crippen LogP) is 1.64. The summed E-state index contributed by atoms with van der Waals surface area (Å²) < 4.78 is 1.50. The van der Waals surface area contributed by atoms with Crippen LogP contribution < -0.4 is 5.56 Å². The molecular formula is C18H16N4O3. The van der Waals surface area contributed by atoms with E-state index in [1.807, 2.05) is 6.92 Å². The molecule has 0 fully saturated rings. The van der Waals surface area contributed by atoms with E-state index in [0.29, 0.717) is 28.0 Å². The van der Waals surface area contributed by atoms with Crippen molar-refractivity contribution >= 4 is 22.8 Å². The van der Waals surface area contributed by atoms with Crippen LogP contribution in [0.3, 0.4) is 0 Å². The lowest BCUT2D eigenvalue weighted by atomic mass is 10.1. The van der Waals surface area contributed by atoms with Crippen molar-refractivity contribution in [1.29, 1.82) is 0 Å². The Hall–Kier alpha value is -3.22. The Balaban J connectivity index is 1.65. The number of hydrogen-bond donors (Lipinski definition) is 1. The Kier molecular flexibility index (Phi) is 3.31. The number of fused-ring (bicyclic) bond motifs is 2. The van der Waals surface area contributed by atoms with Crippen molar-refractivity contribution in [2.75, 3.05) is 6.54 Å². The molecule has 1 aromatic carbocycles. The summed E-state index contributed by atoms with van der Waals surface area (Å²) in [7, 11) is 0. The standard InChI is InChI=1S/C18H16N4O3/c1-10-9-14-15(19-10)20-11(2)21(18(14)25)7-8-22-16(23)12-5-3-4-6-13(12)17(22)24/h3-6,9,19H,7-8H2,1-2H3. The molecule has 0 spiro atoms. The zero-order valence-corrected chi connectivity index (χ0v) is 13.9. The van der Waals surface area contributed by atoms with Gasteiger partial charge in [-0.05, 0) is 32.0 Å². The zero-order chi connectivity index (χ0) is 17.7. The van der Waals surface area contributed by atoms with Gasteiger partial charge >= 0.3 is 0 Å². The number of H-pyrrole nitrogens is 1. The second-order valence-electron chi connectivity index (χ2n) is 6.14. The first-order chi connectivity index (χ1) is 12.0. The summed E-state index contributed by atoms with van der Waals surface area (Å²) in [6, 6.07) is 8.50. The van der Waals surface area contributed by atoms with Gasteiger partial charge in [0.25, 0.3) is 17.4 Å². The third kappa shape index (κ3) is 2.27. The highest BCUT2D eigenvalue weighted by Gasteiger charge is 2.34. The summed E-state index contributed by atoms with van der Waals surface area (Å²) in [5.41, 5.74) is 2.05. The molecule has 3 aromatic rings. The third-order valence-corrected chi connectivity index (χ3v) is 4.50. The largest absolute Gasteiger partial charge is 0.343 e. The number of hydrogen-bond acceptors (Lipinski definition) is 4. The lowest BCUT2D eigenvalue weighted by Crippen LogP contribution is -2.36. The molecule has 0 unspecified atom stereocenters. The number of amides is 2. The average molecular weight is 336 g/mol. The monoisotopic (exact) mass is 336 g/mol. The SMILES string of the molecule is Cc1cc2c(=O)n(CCN3C(=O)c4ccccc4C3=O)c(C)nc2[nH]1. The maximum absolute atomic E-state index is 12.7. The van der Waals surface area contributed by atoms with E-state index in [4.69, 9.17) is 0 Å². The van der Waals surface area contributed by atoms with Crippen LogP contribution in [0.2, 0.25) is 0 Å². The molecule has 7 nitrogen and oxygen atoms in total. The van der Waals surface area contributed by atoms with Crippen LogP contribution in [0, 0.1) is 13.8 Å². The molecule has 126 valence electrons. The summed E-state index contributed by atoms with van der Waals surface area (Å²) in [5.74, 6) is -0.105. The predicted molar refractivity (Wildman–Crippen MR) is 91.6 cm³/mol. The van der Waals surface area contributed by atoms with E-state index in [1.165, 1.54) is 9.47 Å². The molecule has 7 heteroatoms. The first kappa shape index (κ1) is 15.3. The normalized spacial score (nSPS) is 13.8. The molecule has 0 bridgehead atoms. The Morgan fingerprint density at radius 3 is 2.28 bits per heavy atom.